The van der Waals surface area contributed by atoms with Gasteiger partial charge >= 0.3 is 0 Å². The Labute approximate surface area is 125 Å². The van der Waals surface area contributed by atoms with Crippen LogP contribution in [0.1, 0.15) is 19.5 Å². The summed E-state index contributed by atoms with van der Waals surface area (Å²) in [6, 6.07) is 1.67. The molecule has 0 radical (unpaired) electrons. The fourth-order valence-electron chi connectivity index (χ4n) is 2.19. The molecule has 1 saturated heterocycles. The predicted molar refractivity (Wildman–Crippen MR) is 80.0 cm³/mol. The minimum Gasteiger partial charge on any atom is -0.354 e. The lowest BCUT2D eigenvalue weighted by Crippen LogP contribution is -2.53. The molecule has 1 aliphatic heterocycles. The third-order valence-electron chi connectivity index (χ3n) is 3.52. The molecule has 0 aromatic carbocycles. The molecule has 1 aromatic heterocycles. The Hall–Kier alpha value is -1.22. The average Bonchev–Trinajstić information content (AvgIpc) is 2.31. The molecule has 0 saturated carbocycles. The first kappa shape index (κ1) is 16.2. The Balaban J connectivity index is 2.43. The Morgan fingerprint density at radius 2 is 1.90 bits per heavy atom. The van der Waals surface area contributed by atoms with E-state index in [-0.39, 0.29) is 17.5 Å². The lowest BCUT2D eigenvalue weighted by atomic mass is 10.2. The van der Waals surface area contributed by atoms with Crippen molar-refractivity contribution in [3.05, 3.63) is 11.8 Å². The van der Waals surface area contributed by atoms with Gasteiger partial charge in [0.25, 0.3) is 0 Å². The quantitative estimate of drug-likeness (QED) is 0.713. The van der Waals surface area contributed by atoms with Gasteiger partial charge in [-0.15, -0.1) is 0 Å². The summed E-state index contributed by atoms with van der Waals surface area (Å²) in [5, 5.41) is -0.233. The SMILES string of the molecule is Cc1cc(N2CCS(=O)(=O)C(C)(C)C2)nc(S(C)(=O)=O)n1. The Morgan fingerprint density at radius 3 is 2.43 bits per heavy atom. The van der Waals surface area contributed by atoms with Crippen molar-refractivity contribution in [2.24, 2.45) is 0 Å². The third-order valence-corrected chi connectivity index (χ3v) is 6.90. The molecular formula is C12H19N3O4S2. The maximum atomic E-state index is 12.0. The van der Waals surface area contributed by atoms with Gasteiger partial charge in [-0.2, -0.15) is 0 Å². The molecule has 2 rings (SSSR count). The largest absolute Gasteiger partial charge is 0.354 e. The van der Waals surface area contributed by atoms with Crippen LogP contribution in [0, 0.1) is 6.92 Å². The summed E-state index contributed by atoms with van der Waals surface area (Å²) in [5.74, 6) is 0.475. The summed E-state index contributed by atoms with van der Waals surface area (Å²) < 4.78 is 46.4. The number of rotatable bonds is 2. The van der Waals surface area contributed by atoms with Crippen molar-refractivity contribution in [3.8, 4) is 0 Å². The Bertz CT molecular complexity index is 770. The van der Waals surface area contributed by atoms with E-state index in [0.717, 1.165) is 6.26 Å². The van der Waals surface area contributed by atoms with Gasteiger partial charge in [-0.1, -0.05) is 0 Å². The zero-order valence-electron chi connectivity index (χ0n) is 12.5. The number of aryl methyl sites for hydroxylation is 1. The molecule has 7 nitrogen and oxygen atoms in total. The van der Waals surface area contributed by atoms with Gasteiger partial charge in [0.2, 0.25) is 15.0 Å². The van der Waals surface area contributed by atoms with E-state index in [2.05, 4.69) is 9.97 Å². The molecule has 0 aliphatic carbocycles. The highest BCUT2D eigenvalue weighted by Gasteiger charge is 2.40. The van der Waals surface area contributed by atoms with Gasteiger partial charge < -0.3 is 4.90 Å². The number of aromatic nitrogens is 2. The second-order valence-electron chi connectivity index (χ2n) is 5.92. The number of anilines is 1. The maximum absolute atomic E-state index is 12.0. The summed E-state index contributed by atoms with van der Waals surface area (Å²) in [4.78, 5) is 9.79. The standard InChI is InChI=1S/C12H19N3O4S2/c1-9-7-10(14-11(13-9)20(4,16)17)15-5-6-21(18,19)12(2,3)8-15/h7H,5-6,8H2,1-4H3. The summed E-state index contributed by atoms with van der Waals surface area (Å²) in [6.07, 6.45) is 1.05. The van der Waals surface area contributed by atoms with Crippen LogP contribution < -0.4 is 4.90 Å². The first-order valence-electron chi connectivity index (χ1n) is 6.45. The van der Waals surface area contributed by atoms with Crippen molar-refractivity contribution >= 4 is 25.5 Å². The molecule has 1 fully saturated rings. The van der Waals surface area contributed by atoms with E-state index in [1.54, 1.807) is 31.7 Å². The zero-order chi connectivity index (χ0) is 16.1. The lowest BCUT2D eigenvalue weighted by Gasteiger charge is -2.38. The number of sulfone groups is 2. The van der Waals surface area contributed by atoms with E-state index in [1.165, 1.54) is 0 Å². The Kier molecular flexibility index (Phi) is 3.78. The minimum absolute atomic E-state index is 0.0251. The lowest BCUT2D eigenvalue weighted by molar-refractivity contribution is 0.520. The molecule has 0 atom stereocenters. The zero-order valence-corrected chi connectivity index (χ0v) is 14.1. The van der Waals surface area contributed by atoms with Crippen molar-refractivity contribution in [1.29, 1.82) is 0 Å². The smallest absolute Gasteiger partial charge is 0.248 e. The third kappa shape index (κ3) is 3.18. The van der Waals surface area contributed by atoms with Crippen LogP contribution in [0.3, 0.4) is 0 Å². The molecule has 118 valence electrons. The fourth-order valence-corrected chi connectivity index (χ4v) is 4.13. The molecule has 0 bridgehead atoms. The topological polar surface area (TPSA) is 97.3 Å². The molecule has 9 heteroatoms. The molecule has 0 unspecified atom stereocenters. The highest BCUT2D eigenvalue weighted by Crippen LogP contribution is 2.27. The molecule has 1 aliphatic rings. The first-order valence-corrected chi connectivity index (χ1v) is 10.00. The van der Waals surface area contributed by atoms with Crippen molar-refractivity contribution in [1.82, 2.24) is 9.97 Å². The molecule has 21 heavy (non-hydrogen) atoms. The number of hydrogen-bond donors (Lipinski definition) is 0. The van der Waals surface area contributed by atoms with Crippen LogP contribution in [0.4, 0.5) is 5.82 Å². The van der Waals surface area contributed by atoms with Gasteiger partial charge in [0.05, 0.1) is 10.5 Å². The highest BCUT2D eigenvalue weighted by atomic mass is 32.2. The van der Waals surface area contributed by atoms with Crippen LogP contribution in [-0.2, 0) is 19.7 Å². The summed E-state index contributed by atoms with van der Waals surface area (Å²) in [5.41, 5.74) is 0.534. The van der Waals surface area contributed by atoms with Crippen LogP contribution in [0.5, 0.6) is 0 Å². The monoisotopic (exact) mass is 333 g/mol. The van der Waals surface area contributed by atoms with Gasteiger partial charge in [0, 0.05) is 31.1 Å². The molecular weight excluding hydrogens is 314 g/mol. The van der Waals surface area contributed by atoms with E-state index < -0.39 is 24.4 Å². The fraction of sp³-hybridized carbons (Fsp3) is 0.667. The molecule has 2 heterocycles. The van der Waals surface area contributed by atoms with Crippen molar-refractivity contribution < 1.29 is 16.8 Å². The summed E-state index contributed by atoms with van der Waals surface area (Å²) in [7, 11) is -6.66. The van der Waals surface area contributed by atoms with Crippen LogP contribution in [0.15, 0.2) is 11.2 Å². The summed E-state index contributed by atoms with van der Waals surface area (Å²) in [6.45, 7) is 5.59. The van der Waals surface area contributed by atoms with Crippen molar-refractivity contribution in [2.45, 2.75) is 30.7 Å². The average molecular weight is 333 g/mol. The highest BCUT2D eigenvalue weighted by molar-refractivity contribution is 7.92. The predicted octanol–water partition coefficient (Wildman–Crippen LogP) is 0.202. The van der Waals surface area contributed by atoms with Crippen molar-refractivity contribution in [3.63, 3.8) is 0 Å². The van der Waals surface area contributed by atoms with Gasteiger partial charge in [-0.25, -0.2) is 26.8 Å². The maximum Gasteiger partial charge on any atom is 0.248 e. The van der Waals surface area contributed by atoms with Gasteiger partial charge in [-0.3, -0.25) is 0 Å². The first-order chi connectivity index (χ1) is 9.42. The van der Waals surface area contributed by atoms with Gasteiger partial charge in [0.1, 0.15) is 5.82 Å². The second kappa shape index (κ2) is 4.91. The molecule has 0 spiro atoms. The van der Waals surface area contributed by atoms with Crippen LogP contribution in [-0.4, -0.2) is 56.6 Å². The normalized spacial score (nSPS) is 21.2. The number of nitrogens with zero attached hydrogens (tertiary/aromatic N) is 3. The van der Waals surface area contributed by atoms with E-state index >= 15 is 0 Å². The van der Waals surface area contributed by atoms with E-state index in [0.29, 0.717) is 18.1 Å². The molecule has 0 N–H and O–H groups in total. The van der Waals surface area contributed by atoms with E-state index in [9.17, 15) is 16.8 Å². The van der Waals surface area contributed by atoms with Crippen LogP contribution in [0.25, 0.3) is 0 Å². The van der Waals surface area contributed by atoms with E-state index in [4.69, 9.17) is 0 Å². The van der Waals surface area contributed by atoms with Gasteiger partial charge in [0.15, 0.2) is 9.84 Å². The van der Waals surface area contributed by atoms with Crippen LogP contribution in [0.2, 0.25) is 0 Å². The minimum atomic E-state index is -3.51. The Morgan fingerprint density at radius 1 is 1.29 bits per heavy atom. The molecule has 0 amide bonds. The molecule has 1 aromatic rings. The summed E-state index contributed by atoms with van der Waals surface area (Å²) >= 11 is 0. The number of hydrogen-bond acceptors (Lipinski definition) is 7. The van der Waals surface area contributed by atoms with Crippen molar-refractivity contribution in [2.75, 3.05) is 30.0 Å². The second-order valence-corrected chi connectivity index (χ2v) is 10.6. The van der Waals surface area contributed by atoms with Crippen LogP contribution >= 0.6 is 0 Å². The van der Waals surface area contributed by atoms with E-state index in [1.807, 2.05) is 0 Å². The van der Waals surface area contributed by atoms with Gasteiger partial charge in [-0.05, 0) is 20.8 Å².